The second-order valence-corrected chi connectivity index (χ2v) is 4.31. The molecular weight excluding hydrogens is 226 g/mol. The first-order valence-corrected chi connectivity index (χ1v) is 5.85. The lowest BCUT2D eigenvalue weighted by Crippen LogP contribution is -2.27. The van der Waals surface area contributed by atoms with Crippen LogP contribution in [0.3, 0.4) is 0 Å². The first kappa shape index (κ1) is 11.6. The van der Waals surface area contributed by atoms with Crippen LogP contribution in [0, 0.1) is 0 Å². The van der Waals surface area contributed by atoms with Gasteiger partial charge in [-0.3, -0.25) is 0 Å². The number of ether oxygens (including phenoxy) is 2. The van der Waals surface area contributed by atoms with E-state index in [2.05, 4.69) is 5.32 Å². The smallest absolute Gasteiger partial charge is 0.142 e. The van der Waals surface area contributed by atoms with E-state index in [1.54, 1.807) is 7.11 Å². The standard InChI is InChI=1S/C12H16ClNO2/c1-15-12-3-2-9(13)8-11(12)14-10-4-6-16-7-5-10/h2-3,8,10,14H,4-7H2,1H3. The van der Waals surface area contributed by atoms with Crippen molar-refractivity contribution < 1.29 is 9.47 Å². The Kier molecular flexibility index (Phi) is 3.91. The minimum atomic E-state index is 0.445. The largest absolute Gasteiger partial charge is 0.495 e. The van der Waals surface area contributed by atoms with Crippen molar-refractivity contribution in [3.8, 4) is 5.75 Å². The van der Waals surface area contributed by atoms with Crippen molar-refractivity contribution in [1.82, 2.24) is 0 Å². The summed E-state index contributed by atoms with van der Waals surface area (Å²) in [4.78, 5) is 0. The van der Waals surface area contributed by atoms with Gasteiger partial charge >= 0.3 is 0 Å². The molecule has 1 aliphatic heterocycles. The SMILES string of the molecule is COc1ccc(Cl)cc1NC1CCOCC1. The number of benzene rings is 1. The lowest BCUT2D eigenvalue weighted by Gasteiger charge is -2.25. The highest BCUT2D eigenvalue weighted by molar-refractivity contribution is 6.30. The Morgan fingerprint density at radius 2 is 2.12 bits per heavy atom. The van der Waals surface area contributed by atoms with Crippen molar-refractivity contribution in [2.45, 2.75) is 18.9 Å². The third-order valence-corrected chi connectivity index (χ3v) is 2.98. The summed E-state index contributed by atoms with van der Waals surface area (Å²) in [6, 6.07) is 6.05. The molecule has 0 aliphatic carbocycles. The Morgan fingerprint density at radius 1 is 1.38 bits per heavy atom. The van der Waals surface area contributed by atoms with E-state index < -0.39 is 0 Å². The molecule has 0 amide bonds. The Bertz CT molecular complexity index is 351. The molecule has 1 aromatic rings. The van der Waals surface area contributed by atoms with E-state index in [1.807, 2.05) is 18.2 Å². The molecule has 1 fully saturated rings. The highest BCUT2D eigenvalue weighted by Crippen LogP contribution is 2.29. The second kappa shape index (κ2) is 5.41. The normalized spacial score (nSPS) is 17.1. The van der Waals surface area contributed by atoms with Gasteiger partial charge in [0, 0.05) is 24.3 Å². The van der Waals surface area contributed by atoms with E-state index >= 15 is 0 Å². The maximum Gasteiger partial charge on any atom is 0.142 e. The highest BCUT2D eigenvalue weighted by atomic mass is 35.5. The fourth-order valence-electron chi connectivity index (χ4n) is 1.85. The van der Waals surface area contributed by atoms with Crippen LogP contribution in [0.15, 0.2) is 18.2 Å². The molecule has 0 bridgehead atoms. The average Bonchev–Trinajstić information content (AvgIpc) is 2.31. The van der Waals surface area contributed by atoms with Gasteiger partial charge < -0.3 is 14.8 Å². The lowest BCUT2D eigenvalue weighted by atomic mass is 10.1. The van der Waals surface area contributed by atoms with Crippen LogP contribution in [0.2, 0.25) is 5.02 Å². The van der Waals surface area contributed by atoms with E-state index in [4.69, 9.17) is 21.1 Å². The maximum absolute atomic E-state index is 5.97. The average molecular weight is 242 g/mol. The molecule has 1 saturated heterocycles. The van der Waals surface area contributed by atoms with Crippen molar-refractivity contribution in [3.05, 3.63) is 23.2 Å². The Labute approximate surface area is 101 Å². The van der Waals surface area contributed by atoms with Gasteiger partial charge in [0.05, 0.1) is 12.8 Å². The van der Waals surface area contributed by atoms with Crippen LogP contribution in [-0.2, 0) is 4.74 Å². The summed E-state index contributed by atoms with van der Waals surface area (Å²) in [6.07, 6.45) is 2.05. The molecule has 2 rings (SSSR count). The van der Waals surface area contributed by atoms with Gasteiger partial charge in [-0.15, -0.1) is 0 Å². The summed E-state index contributed by atoms with van der Waals surface area (Å²) < 4.78 is 10.6. The lowest BCUT2D eigenvalue weighted by molar-refractivity contribution is 0.0904. The van der Waals surface area contributed by atoms with E-state index in [9.17, 15) is 0 Å². The summed E-state index contributed by atoms with van der Waals surface area (Å²) in [7, 11) is 1.67. The Morgan fingerprint density at radius 3 is 2.81 bits per heavy atom. The number of methoxy groups -OCH3 is 1. The minimum Gasteiger partial charge on any atom is -0.495 e. The zero-order valence-corrected chi connectivity index (χ0v) is 10.1. The molecule has 0 aromatic heterocycles. The number of anilines is 1. The molecule has 1 aromatic carbocycles. The number of hydrogen-bond donors (Lipinski definition) is 1. The third-order valence-electron chi connectivity index (χ3n) is 2.74. The predicted octanol–water partition coefficient (Wildman–Crippen LogP) is 2.94. The quantitative estimate of drug-likeness (QED) is 0.883. The summed E-state index contributed by atoms with van der Waals surface area (Å²) in [5.41, 5.74) is 0.960. The summed E-state index contributed by atoms with van der Waals surface area (Å²) in [5.74, 6) is 0.830. The van der Waals surface area contributed by atoms with Crippen molar-refractivity contribution in [2.24, 2.45) is 0 Å². The van der Waals surface area contributed by atoms with E-state index in [0.717, 1.165) is 42.5 Å². The van der Waals surface area contributed by atoms with Gasteiger partial charge in [0.25, 0.3) is 0 Å². The molecule has 0 saturated carbocycles. The van der Waals surface area contributed by atoms with Crippen LogP contribution in [0.1, 0.15) is 12.8 Å². The van der Waals surface area contributed by atoms with Crippen LogP contribution in [0.4, 0.5) is 5.69 Å². The Balaban J connectivity index is 2.09. The van der Waals surface area contributed by atoms with Gasteiger partial charge in [-0.1, -0.05) is 11.6 Å². The van der Waals surface area contributed by atoms with Crippen LogP contribution in [0.5, 0.6) is 5.75 Å². The van der Waals surface area contributed by atoms with Gasteiger partial charge in [-0.25, -0.2) is 0 Å². The highest BCUT2D eigenvalue weighted by Gasteiger charge is 2.15. The zero-order valence-electron chi connectivity index (χ0n) is 9.33. The summed E-state index contributed by atoms with van der Waals surface area (Å²) >= 11 is 5.97. The number of hydrogen-bond acceptors (Lipinski definition) is 3. The van der Waals surface area contributed by atoms with E-state index in [-0.39, 0.29) is 0 Å². The molecule has 0 unspecified atom stereocenters. The first-order chi connectivity index (χ1) is 7.79. The summed E-state index contributed by atoms with van der Waals surface area (Å²) in [6.45, 7) is 1.64. The summed E-state index contributed by atoms with van der Waals surface area (Å²) in [5, 5.41) is 4.17. The van der Waals surface area contributed by atoms with Gasteiger partial charge in [0.2, 0.25) is 0 Å². The van der Waals surface area contributed by atoms with Crippen molar-refractivity contribution in [3.63, 3.8) is 0 Å². The fraction of sp³-hybridized carbons (Fsp3) is 0.500. The van der Waals surface area contributed by atoms with Gasteiger partial charge in [0.1, 0.15) is 5.75 Å². The number of nitrogens with one attached hydrogen (secondary N) is 1. The monoisotopic (exact) mass is 241 g/mol. The number of halogens is 1. The van der Waals surface area contributed by atoms with Crippen LogP contribution >= 0.6 is 11.6 Å². The van der Waals surface area contributed by atoms with Crippen molar-refractivity contribution in [2.75, 3.05) is 25.6 Å². The molecule has 3 nitrogen and oxygen atoms in total. The van der Waals surface area contributed by atoms with E-state index in [1.165, 1.54) is 0 Å². The predicted molar refractivity (Wildman–Crippen MR) is 65.5 cm³/mol. The topological polar surface area (TPSA) is 30.5 Å². The molecule has 1 N–H and O–H groups in total. The number of rotatable bonds is 3. The van der Waals surface area contributed by atoms with Gasteiger partial charge in [-0.2, -0.15) is 0 Å². The Hall–Kier alpha value is -0.930. The van der Waals surface area contributed by atoms with Crippen LogP contribution in [-0.4, -0.2) is 26.4 Å². The molecular formula is C12H16ClNO2. The zero-order chi connectivity index (χ0) is 11.4. The molecule has 1 heterocycles. The molecule has 4 heteroatoms. The van der Waals surface area contributed by atoms with Crippen LogP contribution < -0.4 is 10.1 Å². The molecule has 0 atom stereocenters. The first-order valence-electron chi connectivity index (χ1n) is 5.47. The van der Waals surface area contributed by atoms with Crippen molar-refractivity contribution >= 4 is 17.3 Å². The van der Waals surface area contributed by atoms with Crippen molar-refractivity contribution in [1.29, 1.82) is 0 Å². The molecule has 88 valence electrons. The van der Waals surface area contributed by atoms with Gasteiger partial charge in [-0.05, 0) is 31.0 Å². The molecule has 0 spiro atoms. The van der Waals surface area contributed by atoms with Gasteiger partial charge in [0.15, 0.2) is 0 Å². The fourth-order valence-corrected chi connectivity index (χ4v) is 2.03. The molecule has 1 aliphatic rings. The second-order valence-electron chi connectivity index (χ2n) is 3.88. The molecule has 0 radical (unpaired) electrons. The molecule has 16 heavy (non-hydrogen) atoms. The minimum absolute atomic E-state index is 0.445. The third kappa shape index (κ3) is 2.80. The van der Waals surface area contributed by atoms with E-state index in [0.29, 0.717) is 6.04 Å². The maximum atomic E-state index is 5.97. The van der Waals surface area contributed by atoms with Crippen LogP contribution in [0.25, 0.3) is 0 Å².